The van der Waals surface area contributed by atoms with Gasteiger partial charge in [0.15, 0.2) is 20.7 Å². The summed E-state index contributed by atoms with van der Waals surface area (Å²) in [6, 6.07) is 6.68. The molecule has 29 heavy (non-hydrogen) atoms. The van der Waals surface area contributed by atoms with Gasteiger partial charge in [-0.1, -0.05) is 54.0 Å². The highest BCUT2D eigenvalue weighted by atomic mass is 35.5. The van der Waals surface area contributed by atoms with Crippen molar-refractivity contribution in [2.24, 2.45) is 0 Å². The maximum absolute atomic E-state index is 13.4. The molecule has 0 saturated carbocycles. The van der Waals surface area contributed by atoms with E-state index < -0.39 is 21.8 Å². The van der Waals surface area contributed by atoms with E-state index in [1.807, 2.05) is 19.1 Å². The van der Waals surface area contributed by atoms with Crippen LogP contribution in [0.1, 0.15) is 35.8 Å². The van der Waals surface area contributed by atoms with Gasteiger partial charge in [0.05, 0.1) is 22.7 Å². The number of aromatic nitrogens is 2. The first-order chi connectivity index (χ1) is 13.8. The number of nitrogens with zero attached hydrogens (tertiary/aromatic N) is 3. The number of hydrogen-bond acceptors (Lipinski definition) is 6. The molecule has 3 rings (SSSR count). The van der Waals surface area contributed by atoms with E-state index in [4.69, 9.17) is 23.2 Å². The molecule has 2 heterocycles. The number of amides is 1. The maximum Gasteiger partial charge on any atom is 0.274 e. The molecule has 0 aliphatic carbocycles. The van der Waals surface area contributed by atoms with Crippen molar-refractivity contribution in [3.8, 4) is 0 Å². The molecule has 0 bridgehead atoms. The molecule has 0 N–H and O–H groups in total. The normalized spacial score (nSPS) is 18.0. The molecule has 0 radical (unpaired) electrons. The van der Waals surface area contributed by atoms with Crippen LogP contribution in [0.3, 0.4) is 0 Å². The van der Waals surface area contributed by atoms with Crippen LogP contribution in [-0.4, -0.2) is 52.5 Å². The van der Waals surface area contributed by atoms with Crippen LogP contribution in [0.5, 0.6) is 0 Å². The lowest BCUT2D eigenvalue weighted by Crippen LogP contribution is -2.41. The van der Waals surface area contributed by atoms with Gasteiger partial charge in [0.25, 0.3) is 5.91 Å². The lowest BCUT2D eigenvalue weighted by Gasteiger charge is -2.28. The minimum atomic E-state index is -3.17. The van der Waals surface area contributed by atoms with Crippen molar-refractivity contribution < 1.29 is 13.2 Å². The summed E-state index contributed by atoms with van der Waals surface area (Å²) in [5.41, 5.74) is 0.941. The van der Waals surface area contributed by atoms with Crippen molar-refractivity contribution >= 4 is 50.7 Å². The van der Waals surface area contributed by atoms with Crippen LogP contribution in [0, 0.1) is 0 Å². The number of sulfone groups is 1. The minimum Gasteiger partial charge on any atom is -0.329 e. The molecule has 6 nitrogen and oxygen atoms in total. The Labute approximate surface area is 184 Å². The third-order valence-corrected chi connectivity index (χ3v) is 7.88. The van der Waals surface area contributed by atoms with E-state index in [2.05, 4.69) is 9.97 Å². The third-order valence-electron chi connectivity index (χ3n) is 4.54. The zero-order chi connectivity index (χ0) is 21.0. The highest BCUT2D eigenvalue weighted by molar-refractivity contribution is 7.99. The van der Waals surface area contributed by atoms with Gasteiger partial charge in [0, 0.05) is 23.4 Å². The van der Waals surface area contributed by atoms with Gasteiger partial charge in [-0.15, -0.1) is 0 Å². The second kappa shape index (κ2) is 9.64. The van der Waals surface area contributed by atoms with Crippen molar-refractivity contribution in [3.63, 3.8) is 0 Å². The molecule has 1 amide bonds. The fourth-order valence-corrected chi connectivity index (χ4v) is 5.77. The highest BCUT2D eigenvalue weighted by Crippen LogP contribution is 2.26. The van der Waals surface area contributed by atoms with E-state index >= 15 is 0 Å². The Balaban J connectivity index is 1.92. The average molecular weight is 474 g/mol. The molecule has 0 spiro atoms. The molecule has 10 heteroatoms. The van der Waals surface area contributed by atoms with Gasteiger partial charge in [0.2, 0.25) is 0 Å². The Morgan fingerprint density at radius 2 is 2.00 bits per heavy atom. The molecular formula is C19H21Cl2N3O3S2. The fraction of sp³-hybridized carbons (Fsp3) is 0.421. The number of carbonyl (C=O) groups excluding carboxylic acids is 1. The van der Waals surface area contributed by atoms with Crippen molar-refractivity contribution in [2.75, 3.05) is 17.3 Å². The number of carbonyl (C=O) groups is 1. The summed E-state index contributed by atoms with van der Waals surface area (Å²) in [6.07, 6.45) is 2.76. The van der Waals surface area contributed by atoms with Crippen LogP contribution in [0.4, 0.5) is 0 Å². The molecule has 1 fully saturated rings. The van der Waals surface area contributed by atoms with Crippen LogP contribution in [0.15, 0.2) is 35.6 Å². The third kappa shape index (κ3) is 5.84. The Hall–Kier alpha value is -1.35. The van der Waals surface area contributed by atoms with Crippen LogP contribution >= 0.6 is 35.0 Å². The first-order valence-corrected chi connectivity index (χ1v) is 12.8. The van der Waals surface area contributed by atoms with Crippen molar-refractivity contribution in [1.29, 1.82) is 0 Å². The maximum atomic E-state index is 13.4. The second-order valence-corrected chi connectivity index (χ2v) is 10.9. The van der Waals surface area contributed by atoms with Crippen LogP contribution in [0.25, 0.3) is 0 Å². The molecule has 1 atom stereocenters. The monoisotopic (exact) mass is 473 g/mol. The Morgan fingerprint density at radius 1 is 1.28 bits per heavy atom. The van der Waals surface area contributed by atoms with Gasteiger partial charge >= 0.3 is 0 Å². The predicted molar refractivity (Wildman–Crippen MR) is 116 cm³/mol. The van der Waals surface area contributed by atoms with Gasteiger partial charge in [-0.25, -0.2) is 18.4 Å². The molecular weight excluding hydrogens is 453 g/mol. The minimum absolute atomic E-state index is 0.0630. The van der Waals surface area contributed by atoms with E-state index in [-0.39, 0.29) is 28.8 Å². The van der Waals surface area contributed by atoms with Crippen LogP contribution < -0.4 is 0 Å². The summed E-state index contributed by atoms with van der Waals surface area (Å²) in [5.74, 6) is 0.432. The van der Waals surface area contributed by atoms with Crippen molar-refractivity contribution in [1.82, 2.24) is 14.9 Å². The molecule has 1 unspecified atom stereocenters. The first kappa shape index (κ1) is 22.3. The van der Waals surface area contributed by atoms with Gasteiger partial charge < -0.3 is 4.90 Å². The second-order valence-electron chi connectivity index (χ2n) is 6.81. The first-order valence-electron chi connectivity index (χ1n) is 9.20. The Bertz CT molecular complexity index is 985. The summed E-state index contributed by atoms with van der Waals surface area (Å²) in [4.78, 5) is 23.5. The molecule has 1 aliphatic heterocycles. The van der Waals surface area contributed by atoms with E-state index in [1.54, 1.807) is 17.0 Å². The summed E-state index contributed by atoms with van der Waals surface area (Å²) in [6.45, 7) is 2.29. The SMILES string of the molecule is CCCSc1ncc(Cl)c(C(=O)N(Cc2ccc(Cl)cc2)C2CCS(=O)(=O)C2)n1. The lowest BCUT2D eigenvalue weighted by molar-refractivity contribution is 0.0674. The van der Waals surface area contributed by atoms with E-state index in [0.29, 0.717) is 16.6 Å². The van der Waals surface area contributed by atoms with Gasteiger partial charge in [-0.3, -0.25) is 4.79 Å². The van der Waals surface area contributed by atoms with Gasteiger partial charge in [0.1, 0.15) is 0 Å². The quantitative estimate of drug-likeness (QED) is 0.444. The summed E-state index contributed by atoms with van der Waals surface area (Å²) < 4.78 is 24.1. The zero-order valence-electron chi connectivity index (χ0n) is 15.8. The molecule has 1 aromatic carbocycles. The predicted octanol–water partition coefficient (Wildman–Crippen LogP) is 4.12. The number of rotatable bonds is 7. The largest absolute Gasteiger partial charge is 0.329 e. The topological polar surface area (TPSA) is 80.2 Å². The number of hydrogen-bond donors (Lipinski definition) is 0. The van der Waals surface area contributed by atoms with E-state index in [1.165, 1.54) is 18.0 Å². The fourth-order valence-electron chi connectivity index (χ4n) is 3.07. The highest BCUT2D eigenvalue weighted by Gasteiger charge is 2.36. The van der Waals surface area contributed by atoms with Crippen molar-refractivity contribution in [3.05, 3.63) is 51.8 Å². The van der Waals surface area contributed by atoms with Crippen LogP contribution in [0.2, 0.25) is 10.0 Å². The summed E-state index contributed by atoms with van der Waals surface area (Å²) in [5, 5.41) is 1.22. The Kier molecular flexibility index (Phi) is 7.42. The number of thioether (sulfide) groups is 1. The zero-order valence-corrected chi connectivity index (χ0v) is 19.0. The van der Waals surface area contributed by atoms with E-state index in [0.717, 1.165) is 17.7 Å². The van der Waals surface area contributed by atoms with Crippen molar-refractivity contribution in [2.45, 2.75) is 37.5 Å². The summed E-state index contributed by atoms with van der Waals surface area (Å²) in [7, 11) is -3.17. The number of benzene rings is 1. The van der Waals surface area contributed by atoms with Gasteiger partial charge in [-0.2, -0.15) is 0 Å². The molecule has 1 aromatic heterocycles. The van der Waals surface area contributed by atoms with Crippen LogP contribution in [-0.2, 0) is 16.4 Å². The smallest absolute Gasteiger partial charge is 0.274 e. The lowest BCUT2D eigenvalue weighted by atomic mass is 10.1. The molecule has 1 saturated heterocycles. The molecule has 156 valence electrons. The molecule has 2 aromatic rings. The standard InChI is InChI=1S/C19H21Cl2N3O3S2/c1-2-8-28-19-22-10-16(21)17(23-19)18(25)24(15-7-9-29(26,27)12-15)11-13-3-5-14(20)6-4-13/h3-6,10,15H,2,7-9,11-12H2,1H3. The number of halogens is 2. The van der Waals surface area contributed by atoms with E-state index in [9.17, 15) is 13.2 Å². The Morgan fingerprint density at radius 3 is 2.62 bits per heavy atom. The molecule has 1 aliphatic rings. The van der Waals surface area contributed by atoms with Gasteiger partial charge in [-0.05, 0) is 30.5 Å². The summed E-state index contributed by atoms with van der Waals surface area (Å²) >= 11 is 13.6. The average Bonchev–Trinajstić information content (AvgIpc) is 3.06.